The summed E-state index contributed by atoms with van der Waals surface area (Å²) in [5.41, 5.74) is 0. The second-order valence-corrected chi connectivity index (χ2v) is 4.77. The molecule has 1 heterocycles. The minimum atomic E-state index is 0.653. The summed E-state index contributed by atoms with van der Waals surface area (Å²) in [5.74, 6) is 1.96. The molecule has 18 heavy (non-hydrogen) atoms. The van der Waals surface area contributed by atoms with Crippen LogP contribution in [0.25, 0.3) is 0 Å². The molecule has 0 radical (unpaired) electrons. The van der Waals surface area contributed by atoms with Gasteiger partial charge in [0.15, 0.2) is 0 Å². The highest BCUT2D eigenvalue weighted by atomic mass is 16.5. The first-order valence-corrected chi connectivity index (χ1v) is 7.44. The normalized spacial score (nSPS) is 17.9. The molecule has 1 aliphatic heterocycles. The van der Waals surface area contributed by atoms with Gasteiger partial charge in [-0.15, -0.1) is 6.58 Å². The van der Waals surface area contributed by atoms with Gasteiger partial charge in [-0.25, -0.2) is 0 Å². The summed E-state index contributed by atoms with van der Waals surface area (Å²) in [6, 6.07) is 0. The Labute approximate surface area is 115 Å². The average Bonchev–Trinajstić information content (AvgIpc) is 2.42. The van der Waals surface area contributed by atoms with Gasteiger partial charge in [0, 0.05) is 7.11 Å². The van der Waals surface area contributed by atoms with Gasteiger partial charge in [-0.1, -0.05) is 40.2 Å². The van der Waals surface area contributed by atoms with Crippen molar-refractivity contribution in [3.05, 3.63) is 12.7 Å². The molecule has 2 heteroatoms. The van der Waals surface area contributed by atoms with Crippen LogP contribution in [0.2, 0.25) is 0 Å². The van der Waals surface area contributed by atoms with E-state index in [1.54, 1.807) is 13.2 Å². The average molecular weight is 257 g/mol. The van der Waals surface area contributed by atoms with Crippen LogP contribution in [-0.4, -0.2) is 38.8 Å². The topological polar surface area (TPSA) is 12.5 Å². The first-order valence-electron chi connectivity index (χ1n) is 7.44. The maximum absolute atomic E-state index is 4.57. The van der Waals surface area contributed by atoms with E-state index in [9.17, 15) is 0 Å². The molecule has 1 unspecified atom stereocenters. The molecular formula is C16H35NO. The Morgan fingerprint density at radius 3 is 2.11 bits per heavy atom. The SMILES string of the molecule is C=CCOC.CC.CCC(C)C1CCN(C)CC1. The molecule has 110 valence electrons. The summed E-state index contributed by atoms with van der Waals surface area (Å²) in [7, 11) is 3.87. The van der Waals surface area contributed by atoms with Crippen molar-refractivity contribution < 1.29 is 4.74 Å². The number of hydrogen-bond acceptors (Lipinski definition) is 2. The zero-order valence-corrected chi connectivity index (χ0v) is 13.5. The van der Waals surface area contributed by atoms with E-state index >= 15 is 0 Å². The van der Waals surface area contributed by atoms with Crippen molar-refractivity contribution in [2.24, 2.45) is 11.8 Å². The van der Waals surface area contributed by atoms with E-state index in [1.165, 1.54) is 32.4 Å². The van der Waals surface area contributed by atoms with Crippen molar-refractivity contribution in [2.45, 2.75) is 47.0 Å². The van der Waals surface area contributed by atoms with Gasteiger partial charge in [0.25, 0.3) is 0 Å². The van der Waals surface area contributed by atoms with E-state index in [0.717, 1.165) is 11.8 Å². The zero-order chi connectivity index (χ0) is 14.4. The molecule has 1 rings (SSSR count). The quantitative estimate of drug-likeness (QED) is 0.699. The van der Waals surface area contributed by atoms with E-state index in [-0.39, 0.29) is 0 Å². The molecule has 0 bridgehead atoms. The summed E-state index contributed by atoms with van der Waals surface area (Å²) < 4.78 is 4.57. The monoisotopic (exact) mass is 257 g/mol. The van der Waals surface area contributed by atoms with Crippen LogP contribution in [0, 0.1) is 11.8 Å². The van der Waals surface area contributed by atoms with E-state index in [4.69, 9.17) is 0 Å². The highest BCUT2D eigenvalue weighted by molar-refractivity contribution is 4.73. The van der Waals surface area contributed by atoms with Gasteiger partial charge >= 0.3 is 0 Å². The molecule has 0 spiro atoms. The second kappa shape index (κ2) is 14.7. The number of piperidine rings is 1. The highest BCUT2D eigenvalue weighted by Crippen LogP contribution is 2.25. The standard InChI is InChI=1S/C10H21N.C4H8O.C2H6/c1-4-9(2)10-5-7-11(3)8-6-10;1-3-4-5-2;1-2/h9-10H,4-8H2,1-3H3;3H,1,4H2,2H3;1-2H3. The fraction of sp³-hybridized carbons (Fsp3) is 0.875. The molecule has 2 nitrogen and oxygen atoms in total. The molecule has 1 saturated heterocycles. The van der Waals surface area contributed by atoms with Gasteiger partial charge in [0.05, 0.1) is 6.61 Å². The molecule has 0 aromatic heterocycles. The van der Waals surface area contributed by atoms with Crippen molar-refractivity contribution >= 4 is 0 Å². The van der Waals surface area contributed by atoms with Gasteiger partial charge in [0.1, 0.15) is 0 Å². The third-order valence-corrected chi connectivity index (χ3v) is 3.50. The molecule has 1 aliphatic rings. The maximum atomic E-state index is 4.57. The minimum Gasteiger partial charge on any atom is -0.381 e. The predicted molar refractivity (Wildman–Crippen MR) is 83.1 cm³/mol. The Morgan fingerprint density at radius 2 is 1.83 bits per heavy atom. The maximum Gasteiger partial charge on any atom is 0.0641 e. The number of nitrogens with zero attached hydrogens (tertiary/aromatic N) is 1. The van der Waals surface area contributed by atoms with Gasteiger partial charge in [-0.3, -0.25) is 0 Å². The van der Waals surface area contributed by atoms with Crippen LogP contribution in [0.15, 0.2) is 12.7 Å². The Balaban J connectivity index is 0. The van der Waals surface area contributed by atoms with Crippen molar-refractivity contribution in [3.8, 4) is 0 Å². The van der Waals surface area contributed by atoms with Crippen LogP contribution in [0.4, 0.5) is 0 Å². The molecule has 0 aromatic rings. The van der Waals surface area contributed by atoms with Crippen molar-refractivity contribution in [1.82, 2.24) is 4.90 Å². The fourth-order valence-corrected chi connectivity index (χ4v) is 2.05. The lowest BCUT2D eigenvalue weighted by Crippen LogP contribution is -2.32. The summed E-state index contributed by atoms with van der Waals surface area (Å²) in [6.45, 7) is 15.4. The van der Waals surface area contributed by atoms with Gasteiger partial charge in [0.2, 0.25) is 0 Å². The largest absolute Gasteiger partial charge is 0.381 e. The fourth-order valence-electron chi connectivity index (χ4n) is 2.05. The predicted octanol–water partition coefficient (Wildman–Crippen LogP) is 4.22. The van der Waals surface area contributed by atoms with Crippen molar-refractivity contribution in [3.63, 3.8) is 0 Å². The lowest BCUT2D eigenvalue weighted by atomic mass is 9.84. The van der Waals surface area contributed by atoms with Crippen LogP contribution < -0.4 is 0 Å². The van der Waals surface area contributed by atoms with Gasteiger partial charge in [-0.05, 0) is 44.8 Å². The molecule has 0 aromatic carbocycles. The van der Waals surface area contributed by atoms with Crippen LogP contribution in [0.5, 0.6) is 0 Å². The molecule has 0 aliphatic carbocycles. The van der Waals surface area contributed by atoms with Gasteiger partial charge in [-0.2, -0.15) is 0 Å². The first kappa shape index (κ1) is 20.0. The van der Waals surface area contributed by atoms with Crippen molar-refractivity contribution in [1.29, 1.82) is 0 Å². The third-order valence-electron chi connectivity index (χ3n) is 3.50. The van der Waals surface area contributed by atoms with E-state index in [2.05, 4.69) is 37.1 Å². The lowest BCUT2D eigenvalue weighted by molar-refractivity contribution is 0.175. The zero-order valence-electron chi connectivity index (χ0n) is 13.5. The van der Waals surface area contributed by atoms with E-state index in [1.807, 2.05) is 13.8 Å². The molecule has 0 amide bonds. The van der Waals surface area contributed by atoms with Crippen LogP contribution in [0.1, 0.15) is 47.0 Å². The van der Waals surface area contributed by atoms with Crippen molar-refractivity contribution in [2.75, 3.05) is 33.9 Å². The number of rotatable bonds is 4. The molecule has 0 N–H and O–H groups in total. The highest BCUT2D eigenvalue weighted by Gasteiger charge is 2.20. The third kappa shape index (κ3) is 10.8. The summed E-state index contributed by atoms with van der Waals surface area (Å²) in [5, 5.41) is 0. The summed E-state index contributed by atoms with van der Waals surface area (Å²) in [4.78, 5) is 2.44. The molecule has 1 fully saturated rings. The smallest absolute Gasteiger partial charge is 0.0641 e. The number of methoxy groups -OCH3 is 1. The van der Waals surface area contributed by atoms with Gasteiger partial charge < -0.3 is 9.64 Å². The van der Waals surface area contributed by atoms with Crippen LogP contribution >= 0.6 is 0 Å². The van der Waals surface area contributed by atoms with E-state index in [0.29, 0.717) is 6.61 Å². The molecule has 1 atom stereocenters. The molecular weight excluding hydrogens is 222 g/mol. The Kier molecular flexibility index (Phi) is 16.3. The molecule has 0 saturated carbocycles. The number of ether oxygens (including phenoxy) is 1. The number of likely N-dealkylation sites (tertiary alicyclic amines) is 1. The summed E-state index contributed by atoms with van der Waals surface area (Å²) >= 11 is 0. The Morgan fingerprint density at radius 1 is 1.33 bits per heavy atom. The first-order chi connectivity index (χ1) is 8.65. The second-order valence-electron chi connectivity index (χ2n) is 4.77. The summed E-state index contributed by atoms with van der Waals surface area (Å²) in [6.07, 6.45) is 5.91. The minimum absolute atomic E-state index is 0.653. The lowest BCUT2D eigenvalue weighted by Gasteiger charge is -2.32. The Hall–Kier alpha value is -0.340. The van der Waals surface area contributed by atoms with E-state index < -0.39 is 0 Å². The number of hydrogen-bond donors (Lipinski definition) is 0. The Bertz CT molecular complexity index is 162. The van der Waals surface area contributed by atoms with Crippen LogP contribution in [0.3, 0.4) is 0 Å². The van der Waals surface area contributed by atoms with Crippen LogP contribution in [-0.2, 0) is 4.74 Å².